The number of hydrogen-bond donors (Lipinski definition) is 0. The van der Waals surface area contributed by atoms with Crippen molar-refractivity contribution in [1.82, 2.24) is 0 Å². The van der Waals surface area contributed by atoms with Crippen LogP contribution in [-0.2, 0) is 11.8 Å². The van der Waals surface area contributed by atoms with Crippen LogP contribution in [0.4, 0.5) is 0 Å². The van der Waals surface area contributed by atoms with Crippen molar-refractivity contribution in [2.75, 3.05) is 0 Å². The Kier molecular flexibility index (Phi) is 3.92. The summed E-state index contributed by atoms with van der Waals surface area (Å²) in [6, 6.07) is 18.5. The molecule has 0 aliphatic heterocycles. The van der Waals surface area contributed by atoms with Crippen LogP contribution in [0.25, 0.3) is 0 Å². The van der Waals surface area contributed by atoms with E-state index in [0.717, 1.165) is 37.7 Å². The largest absolute Gasteiger partial charge is 0.293 e. The molecule has 0 N–H and O–H groups in total. The van der Waals surface area contributed by atoms with Crippen molar-refractivity contribution in [3.8, 4) is 0 Å². The molecular weight excluding hydrogens is 256 g/mol. The average Bonchev–Trinajstić information content (AvgIpc) is 3.06. The Balaban J connectivity index is 1.99. The highest BCUT2D eigenvalue weighted by Gasteiger charge is 2.42. The molecule has 108 valence electrons. The van der Waals surface area contributed by atoms with Crippen molar-refractivity contribution in [3.05, 3.63) is 71.3 Å². The van der Waals surface area contributed by atoms with E-state index in [9.17, 15) is 4.79 Å². The fraction of sp³-hybridized carbons (Fsp3) is 0.350. The summed E-state index contributed by atoms with van der Waals surface area (Å²) in [6.45, 7) is 2.14. The molecule has 0 spiro atoms. The van der Waals surface area contributed by atoms with Crippen molar-refractivity contribution in [2.45, 2.75) is 44.4 Å². The minimum absolute atomic E-state index is 0.297. The van der Waals surface area contributed by atoms with Gasteiger partial charge in [-0.05, 0) is 30.4 Å². The highest BCUT2D eigenvalue weighted by molar-refractivity contribution is 6.04. The number of benzene rings is 2. The van der Waals surface area contributed by atoms with Gasteiger partial charge in [0.05, 0.1) is 5.41 Å². The summed E-state index contributed by atoms with van der Waals surface area (Å²) in [5.74, 6) is 0.300. The Hall–Kier alpha value is -1.89. The summed E-state index contributed by atoms with van der Waals surface area (Å²) >= 11 is 0. The van der Waals surface area contributed by atoms with Crippen LogP contribution in [0.15, 0.2) is 54.6 Å². The molecule has 0 saturated heterocycles. The Labute approximate surface area is 127 Å². The predicted octanol–water partition coefficient (Wildman–Crippen LogP) is 4.94. The lowest BCUT2D eigenvalue weighted by molar-refractivity contribution is 0.0886. The number of ketones is 1. The molecule has 0 bridgehead atoms. The highest BCUT2D eigenvalue weighted by Crippen LogP contribution is 2.43. The van der Waals surface area contributed by atoms with E-state index in [0.29, 0.717) is 5.78 Å². The summed E-state index contributed by atoms with van der Waals surface area (Å²) in [4.78, 5) is 13.2. The standard InChI is InChI=1S/C20H22O/c1-2-16-10-12-17(13-11-16)19(21)20(14-6-7-15-20)18-8-4-3-5-9-18/h3-5,8-13H,2,6-7,14-15H2,1H3. The predicted molar refractivity (Wildman–Crippen MR) is 86.7 cm³/mol. The van der Waals surface area contributed by atoms with Crippen molar-refractivity contribution < 1.29 is 4.79 Å². The SMILES string of the molecule is CCc1ccc(C(=O)C2(c3ccccc3)CCCC2)cc1. The molecule has 2 aromatic carbocycles. The molecule has 0 heterocycles. The quantitative estimate of drug-likeness (QED) is 0.724. The zero-order valence-corrected chi connectivity index (χ0v) is 12.6. The number of Topliss-reactive ketones (excluding diaryl/α,β-unsaturated/α-hetero) is 1. The van der Waals surface area contributed by atoms with Gasteiger partial charge >= 0.3 is 0 Å². The first-order chi connectivity index (χ1) is 10.3. The van der Waals surface area contributed by atoms with E-state index in [1.54, 1.807) is 0 Å². The van der Waals surface area contributed by atoms with Crippen molar-refractivity contribution in [3.63, 3.8) is 0 Å². The van der Waals surface area contributed by atoms with Crippen molar-refractivity contribution in [1.29, 1.82) is 0 Å². The van der Waals surface area contributed by atoms with E-state index < -0.39 is 0 Å². The molecule has 1 aliphatic carbocycles. The Bertz CT molecular complexity index is 604. The van der Waals surface area contributed by atoms with Crippen LogP contribution < -0.4 is 0 Å². The second kappa shape index (κ2) is 5.85. The summed E-state index contributed by atoms with van der Waals surface area (Å²) in [7, 11) is 0. The molecule has 1 aliphatic rings. The first-order valence-electron chi connectivity index (χ1n) is 7.95. The van der Waals surface area contributed by atoms with Gasteiger partial charge in [0.2, 0.25) is 0 Å². The summed E-state index contributed by atoms with van der Waals surface area (Å²) in [5, 5.41) is 0. The first-order valence-corrected chi connectivity index (χ1v) is 7.95. The second-order valence-corrected chi connectivity index (χ2v) is 6.03. The third kappa shape index (κ3) is 2.53. The van der Waals surface area contributed by atoms with E-state index in [-0.39, 0.29) is 5.41 Å². The monoisotopic (exact) mass is 278 g/mol. The van der Waals surface area contributed by atoms with Gasteiger partial charge in [-0.3, -0.25) is 4.79 Å². The molecule has 1 saturated carbocycles. The van der Waals surface area contributed by atoms with Gasteiger partial charge in [0.15, 0.2) is 5.78 Å². The lowest BCUT2D eigenvalue weighted by Gasteiger charge is -2.28. The minimum atomic E-state index is -0.297. The van der Waals surface area contributed by atoms with Gasteiger partial charge in [-0.25, -0.2) is 0 Å². The molecule has 1 fully saturated rings. The molecule has 0 unspecified atom stereocenters. The Morgan fingerprint density at radius 1 is 0.952 bits per heavy atom. The normalized spacial score (nSPS) is 16.8. The molecule has 2 aromatic rings. The molecule has 3 rings (SSSR count). The van der Waals surface area contributed by atoms with Gasteiger partial charge in [0.1, 0.15) is 0 Å². The smallest absolute Gasteiger partial charge is 0.173 e. The van der Waals surface area contributed by atoms with Gasteiger partial charge < -0.3 is 0 Å². The number of hydrogen-bond acceptors (Lipinski definition) is 1. The third-order valence-corrected chi connectivity index (χ3v) is 4.84. The average molecular weight is 278 g/mol. The molecule has 1 nitrogen and oxygen atoms in total. The fourth-order valence-electron chi connectivity index (χ4n) is 3.55. The Morgan fingerprint density at radius 3 is 2.14 bits per heavy atom. The Morgan fingerprint density at radius 2 is 1.57 bits per heavy atom. The van der Waals surface area contributed by atoms with Crippen LogP contribution >= 0.6 is 0 Å². The summed E-state index contributed by atoms with van der Waals surface area (Å²) in [6.07, 6.45) is 5.26. The van der Waals surface area contributed by atoms with Gasteiger partial charge in [0, 0.05) is 5.56 Å². The summed E-state index contributed by atoms with van der Waals surface area (Å²) < 4.78 is 0. The van der Waals surface area contributed by atoms with Crippen LogP contribution in [0.2, 0.25) is 0 Å². The maximum atomic E-state index is 13.2. The molecular formula is C20H22O. The van der Waals surface area contributed by atoms with Gasteiger partial charge in [-0.1, -0.05) is 74.4 Å². The van der Waals surface area contributed by atoms with E-state index in [1.807, 2.05) is 30.3 Å². The van der Waals surface area contributed by atoms with Crippen molar-refractivity contribution >= 4 is 5.78 Å². The third-order valence-electron chi connectivity index (χ3n) is 4.84. The lowest BCUT2D eigenvalue weighted by Crippen LogP contribution is -2.33. The lowest BCUT2D eigenvalue weighted by atomic mass is 9.73. The molecule has 0 atom stereocenters. The van der Waals surface area contributed by atoms with E-state index in [4.69, 9.17) is 0 Å². The number of carbonyl (C=O) groups excluding carboxylic acids is 1. The maximum Gasteiger partial charge on any atom is 0.173 e. The van der Waals surface area contributed by atoms with E-state index >= 15 is 0 Å². The molecule has 0 amide bonds. The molecule has 1 heteroatoms. The zero-order chi connectivity index (χ0) is 14.7. The second-order valence-electron chi connectivity index (χ2n) is 6.03. The van der Waals surface area contributed by atoms with Crippen molar-refractivity contribution in [2.24, 2.45) is 0 Å². The van der Waals surface area contributed by atoms with E-state index in [2.05, 4.69) is 31.2 Å². The molecule has 0 aromatic heterocycles. The molecule has 21 heavy (non-hydrogen) atoms. The zero-order valence-electron chi connectivity index (χ0n) is 12.6. The topological polar surface area (TPSA) is 17.1 Å². The number of aryl methyl sites for hydroxylation is 1. The molecule has 0 radical (unpaired) electrons. The number of rotatable bonds is 4. The minimum Gasteiger partial charge on any atom is -0.293 e. The van der Waals surface area contributed by atoms with Crippen LogP contribution in [0.5, 0.6) is 0 Å². The van der Waals surface area contributed by atoms with Crippen LogP contribution in [0, 0.1) is 0 Å². The van der Waals surface area contributed by atoms with E-state index in [1.165, 1.54) is 11.1 Å². The summed E-state index contributed by atoms with van der Waals surface area (Å²) in [5.41, 5.74) is 3.03. The van der Waals surface area contributed by atoms with Crippen LogP contribution in [0.1, 0.15) is 54.1 Å². The highest BCUT2D eigenvalue weighted by atomic mass is 16.1. The first kappa shape index (κ1) is 14.1. The fourth-order valence-corrected chi connectivity index (χ4v) is 3.55. The van der Waals surface area contributed by atoms with Crippen LogP contribution in [-0.4, -0.2) is 5.78 Å². The van der Waals surface area contributed by atoms with Crippen LogP contribution in [0.3, 0.4) is 0 Å². The maximum absolute atomic E-state index is 13.2. The number of carbonyl (C=O) groups is 1. The van der Waals surface area contributed by atoms with Gasteiger partial charge in [-0.2, -0.15) is 0 Å². The van der Waals surface area contributed by atoms with Gasteiger partial charge in [-0.15, -0.1) is 0 Å². The van der Waals surface area contributed by atoms with Gasteiger partial charge in [0.25, 0.3) is 0 Å².